The smallest absolute Gasteiger partial charge is 0.339 e. The van der Waals surface area contributed by atoms with Crippen molar-refractivity contribution in [1.82, 2.24) is 0 Å². The molecule has 306 valence electrons. The number of anilines is 2. The molecule has 0 atom stereocenters. The molecule has 13 nitrogen and oxygen atoms in total. The Bertz CT molecular complexity index is 2240. The van der Waals surface area contributed by atoms with Crippen molar-refractivity contribution >= 4 is 71.0 Å². The molecule has 0 spiro atoms. The minimum absolute atomic E-state index is 0.0193. The Morgan fingerprint density at radius 3 is 1.91 bits per heavy atom. The molecule has 57 heavy (non-hydrogen) atoms. The highest BCUT2D eigenvalue weighted by Crippen LogP contribution is 2.36. The Hall–Kier alpha value is -5.19. The first-order valence-electron chi connectivity index (χ1n) is 17.9. The van der Waals surface area contributed by atoms with Gasteiger partial charge in [0.1, 0.15) is 5.76 Å². The summed E-state index contributed by atoms with van der Waals surface area (Å²) in [7, 11) is -6.37. The van der Waals surface area contributed by atoms with E-state index in [0.717, 1.165) is 22.9 Å². The standard InChI is InChI=1S/C20H21NO5S.C15H15NO4S.C6H11BrO2/c1-3-26-20(23)17-12-13-21(18-7-5-4-6-16(18)19(17)22)27(24,25)15-10-8-14(2)9-11-15;1-11-7-9-12(10-8-11)21(18,19)16-14-6-4-3-5-13(14)15(17)20-2;1-2-9-6(8)4-3-5-7/h4-11,22H,3,12-13H2,1-2H3;3-10,16H,1-2H3;2-5H2,1H3. The summed E-state index contributed by atoms with van der Waals surface area (Å²) in [6.45, 7) is 7.91. The van der Waals surface area contributed by atoms with Crippen LogP contribution in [-0.2, 0) is 43.8 Å². The molecule has 0 amide bonds. The van der Waals surface area contributed by atoms with Gasteiger partial charge in [-0.25, -0.2) is 26.4 Å². The molecule has 0 fully saturated rings. The predicted molar refractivity (Wildman–Crippen MR) is 222 cm³/mol. The van der Waals surface area contributed by atoms with Crippen LogP contribution in [0.1, 0.15) is 60.2 Å². The molecule has 2 N–H and O–H groups in total. The number of fused-ring (bicyclic) bond motifs is 1. The van der Waals surface area contributed by atoms with Crippen LogP contribution in [0, 0.1) is 13.8 Å². The third kappa shape index (κ3) is 12.9. The summed E-state index contributed by atoms with van der Waals surface area (Å²) in [4.78, 5) is 34.7. The van der Waals surface area contributed by atoms with E-state index in [-0.39, 0.29) is 63.5 Å². The minimum atomic E-state index is -3.86. The van der Waals surface area contributed by atoms with Crippen LogP contribution in [0.25, 0.3) is 5.76 Å². The lowest BCUT2D eigenvalue weighted by Crippen LogP contribution is -2.32. The fourth-order valence-corrected chi connectivity index (χ4v) is 8.08. The molecule has 0 bridgehead atoms. The van der Waals surface area contributed by atoms with Gasteiger partial charge in [0.25, 0.3) is 20.0 Å². The number of hydrogen-bond donors (Lipinski definition) is 2. The van der Waals surface area contributed by atoms with Crippen LogP contribution in [0.5, 0.6) is 0 Å². The molecule has 0 radical (unpaired) electrons. The van der Waals surface area contributed by atoms with Gasteiger partial charge in [0, 0.05) is 30.3 Å². The molecular weight excluding hydrogens is 840 g/mol. The van der Waals surface area contributed by atoms with E-state index >= 15 is 0 Å². The van der Waals surface area contributed by atoms with E-state index in [1.165, 1.54) is 35.7 Å². The molecule has 5 rings (SSSR count). The highest BCUT2D eigenvalue weighted by atomic mass is 79.9. The van der Waals surface area contributed by atoms with Gasteiger partial charge in [-0.05, 0) is 82.6 Å². The number of esters is 3. The van der Waals surface area contributed by atoms with E-state index in [2.05, 4.69) is 30.1 Å². The Morgan fingerprint density at radius 1 is 0.772 bits per heavy atom. The van der Waals surface area contributed by atoms with Crippen LogP contribution in [-0.4, -0.2) is 72.0 Å². The molecule has 0 saturated carbocycles. The summed E-state index contributed by atoms with van der Waals surface area (Å²) < 4.78 is 69.1. The number of sulfonamides is 2. The van der Waals surface area contributed by atoms with Crippen molar-refractivity contribution in [1.29, 1.82) is 0 Å². The summed E-state index contributed by atoms with van der Waals surface area (Å²) in [6, 6.07) is 25.9. The number of aliphatic hydroxyl groups excluding tert-OH is 1. The topological polar surface area (TPSA) is 183 Å². The third-order valence-electron chi connectivity index (χ3n) is 8.14. The Morgan fingerprint density at radius 2 is 1.33 bits per heavy atom. The van der Waals surface area contributed by atoms with Gasteiger partial charge < -0.3 is 19.3 Å². The second-order valence-electron chi connectivity index (χ2n) is 12.3. The molecule has 1 aliphatic rings. The quantitative estimate of drug-likeness (QED) is 0.0807. The van der Waals surface area contributed by atoms with Gasteiger partial charge in [0.15, 0.2) is 0 Å². The van der Waals surface area contributed by atoms with E-state index in [1.807, 2.05) is 20.8 Å². The van der Waals surface area contributed by atoms with Crippen molar-refractivity contribution in [3.63, 3.8) is 0 Å². The van der Waals surface area contributed by atoms with Crippen molar-refractivity contribution < 1.29 is 50.5 Å². The minimum Gasteiger partial charge on any atom is -0.507 e. The number of carbonyl (C=O) groups is 3. The number of nitrogens with zero attached hydrogens (tertiary/aromatic N) is 1. The van der Waals surface area contributed by atoms with Gasteiger partial charge in [-0.15, -0.1) is 0 Å². The number of nitrogens with one attached hydrogen (secondary N) is 1. The van der Waals surface area contributed by atoms with Crippen LogP contribution in [0.3, 0.4) is 0 Å². The molecule has 0 saturated heterocycles. The number of aryl methyl sites for hydroxylation is 2. The van der Waals surface area contributed by atoms with Gasteiger partial charge >= 0.3 is 17.9 Å². The normalized spacial score (nSPS) is 12.4. The zero-order valence-corrected chi connectivity index (χ0v) is 35.6. The molecule has 0 unspecified atom stereocenters. The third-order valence-corrected chi connectivity index (χ3v) is 11.9. The van der Waals surface area contributed by atoms with E-state index < -0.39 is 32.0 Å². The van der Waals surface area contributed by atoms with Crippen molar-refractivity contribution in [3.8, 4) is 0 Å². The summed E-state index contributed by atoms with van der Waals surface area (Å²) in [5.74, 6) is -1.58. The Balaban J connectivity index is 0.000000257. The van der Waals surface area contributed by atoms with Crippen LogP contribution >= 0.6 is 15.9 Å². The molecule has 0 aliphatic carbocycles. The highest BCUT2D eigenvalue weighted by Gasteiger charge is 2.32. The lowest BCUT2D eigenvalue weighted by Gasteiger charge is -2.24. The van der Waals surface area contributed by atoms with E-state index in [0.29, 0.717) is 18.7 Å². The van der Waals surface area contributed by atoms with E-state index in [4.69, 9.17) is 4.74 Å². The molecular formula is C41H47BrN2O11S2. The number of para-hydroxylation sites is 2. The van der Waals surface area contributed by atoms with Gasteiger partial charge in [-0.2, -0.15) is 0 Å². The number of halogens is 1. The van der Waals surface area contributed by atoms with Gasteiger partial charge in [-0.3, -0.25) is 13.8 Å². The van der Waals surface area contributed by atoms with E-state index in [9.17, 15) is 36.3 Å². The van der Waals surface area contributed by atoms with Crippen molar-refractivity contribution in [2.24, 2.45) is 0 Å². The Kier molecular flexibility index (Phi) is 17.8. The summed E-state index contributed by atoms with van der Waals surface area (Å²) >= 11 is 3.22. The van der Waals surface area contributed by atoms with Crippen molar-refractivity contribution in [3.05, 3.63) is 125 Å². The molecule has 1 heterocycles. The molecule has 0 aromatic heterocycles. The molecule has 16 heteroatoms. The molecule has 4 aromatic carbocycles. The SMILES string of the molecule is CCOC(=O)C1=C(O)c2ccccc2N(S(=O)(=O)c2ccc(C)cc2)CC1.CCOC(=O)CCCBr.COC(=O)c1ccccc1NS(=O)(=O)c1ccc(C)cc1. The maximum atomic E-state index is 13.2. The van der Waals surface area contributed by atoms with Crippen molar-refractivity contribution in [2.75, 3.05) is 41.2 Å². The van der Waals surface area contributed by atoms with Gasteiger partial charge in [0.05, 0.1) is 52.6 Å². The highest BCUT2D eigenvalue weighted by molar-refractivity contribution is 9.09. The van der Waals surface area contributed by atoms with Crippen molar-refractivity contribution in [2.45, 2.75) is 56.7 Å². The predicted octanol–water partition coefficient (Wildman–Crippen LogP) is 7.73. The fourth-order valence-electron chi connectivity index (χ4n) is 5.24. The number of carbonyl (C=O) groups excluding carboxylic acids is 3. The first-order valence-corrected chi connectivity index (χ1v) is 21.9. The lowest BCUT2D eigenvalue weighted by molar-refractivity contribution is -0.143. The fraction of sp³-hybridized carbons (Fsp3) is 0.293. The average molecular weight is 888 g/mol. The van der Waals surface area contributed by atoms with Crippen LogP contribution in [0.15, 0.2) is 112 Å². The number of ether oxygens (including phenoxy) is 3. The second kappa shape index (κ2) is 21.9. The monoisotopic (exact) mass is 886 g/mol. The number of methoxy groups -OCH3 is 1. The molecule has 1 aliphatic heterocycles. The van der Waals surface area contributed by atoms with Gasteiger partial charge in [0.2, 0.25) is 0 Å². The zero-order valence-electron chi connectivity index (χ0n) is 32.4. The second-order valence-corrected chi connectivity index (χ2v) is 16.6. The summed E-state index contributed by atoms with van der Waals surface area (Å²) in [5, 5.41) is 11.5. The van der Waals surface area contributed by atoms with Crippen LogP contribution in [0.4, 0.5) is 11.4 Å². The molecule has 4 aromatic rings. The number of alkyl halides is 1. The summed E-state index contributed by atoms with van der Waals surface area (Å²) in [5.41, 5.74) is 2.95. The first kappa shape index (κ1) is 46.2. The number of benzene rings is 4. The van der Waals surface area contributed by atoms with Gasteiger partial charge in [-0.1, -0.05) is 75.6 Å². The summed E-state index contributed by atoms with van der Waals surface area (Å²) in [6.07, 6.45) is 1.43. The first-order chi connectivity index (χ1) is 27.1. The maximum Gasteiger partial charge on any atom is 0.339 e. The number of hydrogen-bond acceptors (Lipinski definition) is 11. The number of rotatable bonds is 12. The lowest BCUT2D eigenvalue weighted by atomic mass is 10.1. The Labute approximate surface area is 342 Å². The average Bonchev–Trinajstić information content (AvgIpc) is 3.34. The van der Waals surface area contributed by atoms with E-state index in [1.54, 1.807) is 79.7 Å². The zero-order chi connectivity index (χ0) is 42.2. The maximum absolute atomic E-state index is 13.2. The number of aliphatic hydroxyl groups is 1. The van der Waals surface area contributed by atoms with Crippen LogP contribution < -0.4 is 9.03 Å². The van der Waals surface area contributed by atoms with Crippen LogP contribution in [0.2, 0.25) is 0 Å². The largest absolute Gasteiger partial charge is 0.507 e.